The molecule has 2 atom stereocenters. The number of ether oxygens (including phenoxy) is 1. The standard InChI is InChI=1S/C15H28N2O3/c1-4-15(14(18)19)5-6-16(11-15)9-13-10-17(12(2)3)7-8-20-13/h12-13H,4-11H2,1-3H3,(H,18,19). The highest BCUT2D eigenvalue weighted by Crippen LogP contribution is 2.34. The monoisotopic (exact) mass is 284 g/mol. The van der Waals surface area contributed by atoms with Crippen molar-refractivity contribution in [2.75, 3.05) is 39.3 Å². The van der Waals surface area contributed by atoms with Crippen molar-refractivity contribution in [1.29, 1.82) is 0 Å². The molecule has 0 aliphatic carbocycles. The van der Waals surface area contributed by atoms with Crippen LogP contribution < -0.4 is 0 Å². The minimum absolute atomic E-state index is 0.215. The largest absolute Gasteiger partial charge is 0.481 e. The van der Waals surface area contributed by atoms with Crippen LogP contribution in [0, 0.1) is 5.41 Å². The Morgan fingerprint density at radius 2 is 2.20 bits per heavy atom. The third-order valence-corrected chi connectivity index (χ3v) is 4.93. The zero-order valence-electron chi connectivity index (χ0n) is 13.0. The molecule has 5 nitrogen and oxygen atoms in total. The maximum atomic E-state index is 11.5. The summed E-state index contributed by atoms with van der Waals surface area (Å²) < 4.78 is 5.85. The van der Waals surface area contributed by atoms with E-state index < -0.39 is 11.4 Å². The van der Waals surface area contributed by atoms with Gasteiger partial charge in [-0.2, -0.15) is 0 Å². The molecule has 0 aromatic carbocycles. The van der Waals surface area contributed by atoms with Crippen LogP contribution in [0.4, 0.5) is 0 Å². The Morgan fingerprint density at radius 3 is 2.75 bits per heavy atom. The predicted octanol–water partition coefficient (Wildman–Crippen LogP) is 1.28. The molecule has 0 saturated carbocycles. The summed E-state index contributed by atoms with van der Waals surface area (Å²) >= 11 is 0. The number of rotatable bonds is 5. The fourth-order valence-corrected chi connectivity index (χ4v) is 3.34. The molecule has 2 saturated heterocycles. The zero-order chi connectivity index (χ0) is 14.8. The molecule has 2 unspecified atom stereocenters. The smallest absolute Gasteiger partial charge is 0.310 e. The summed E-state index contributed by atoms with van der Waals surface area (Å²) in [5, 5.41) is 9.44. The lowest BCUT2D eigenvalue weighted by Crippen LogP contribution is -2.49. The molecule has 1 N–H and O–H groups in total. The Morgan fingerprint density at radius 1 is 1.45 bits per heavy atom. The van der Waals surface area contributed by atoms with E-state index in [1.165, 1.54) is 0 Å². The summed E-state index contributed by atoms with van der Waals surface area (Å²) in [5.41, 5.74) is -0.535. The first kappa shape index (κ1) is 15.7. The Kier molecular flexibility index (Phi) is 5.04. The first-order chi connectivity index (χ1) is 9.47. The van der Waals surface area contributed by atoms with E-state index in [2.05, 4.69) is 23.6 Å². The van der Waals surface area contributed by atoms with Crippen LogP contribution in [0.3, 0.4) is 0 Å². The van der Waals surface area contributed by atoms with Gasteiger partial charge in [-0.3, -0.25) is 14.6 Å². The molecule has 0 bridgehead atoms. The fraction of sp³-hybridized carbons (Fsp3) is 0.933. The predicted molar refractivity (Wildman–Crippen MR) is 77.9 cm³/mol. The first-order valence-corrected chi connectivity index (χ1v) is 7.78. The average molecular weight is 284 g/mol. The van der Waals surface area contributed by atoms with Crippen molar-refractivity contribution >= 4 is 5.97 Å². The Labute approximate surface area is 121 Å². The van der Waals surface area contributed by atoms with E-state index >= 15 is 0 Å². The van der Waals surface area contributed by atoms with Gasteiger partial charge in [-0.15, -0.1) is 0 Å². The molecule has 5 heteroatoms. The number of hydrogen-bond acceptors (Lipinski definition) is 4. The van der Waals surface area contributed by atoms with Gasteiger partial charge in [0.05, 0.1) is 18.1 Å². The molecule has 2 aliphatic rings. The van der Waals surface area contributed by atoms with Gasteiger partial charge in [0, 0.05) is 32.2 Å². The third-order valence-electron chi connectivity index (χ3n) is 4.93. The summed E-state index contributed by atoms with van der Waals surface area (Å²) in [7, 11) is 0. The van der Waals surface area contributed by atoms with Crippen molar-refractivity contribution in [3.05, 3.63) is 0 Å². The molecule has 2 rings (SSSR count). The van der Waals surface area contributed by atoms with Gasteiger partial charge >= 0.3 is 5.97 Å². The molecular weight excluding hydrogens is 256 g/mol. The minimum atomic E-state index is -0.643. The van der Waals surface area contributed by atoms with Crippen LogP contribution in [0.15, 0.2) is 0 Å². The molecule has 2 fully saturated rings. The zero-order valence-corrected chi connectivity index (χ0v) is 13.0. The Balaban J connectivity index is 1.87. The molecule has 0 aromatic heterocycles. The summed E-state index contributed by atoms with van der Waals surface area (Å²) in [4.78, 5) is 16.2. The van der Waals surface area contributed by atoms with E-state index in [-0.39, 0.29) is 6.10 Å². The van der Waals surface area contributed by atoms with Gasteiger partial charge in [-0.25, -0.2) is 0 Å². The Bertz CT molecular complexity index is 348. The van der Waals surface area contributed by atoms with Crippen LogP contribution >= 0.6 is 0 Å². The van der Waals surface area contributed by atoms with Crippen LogP contribution in [-0.4, -0.2) is 72.4 Å². The average Bonchev–Trinajstić information content (AvgIpc) is 2.83. The molecule has 2 heterocycles. The summed E-state index contributed by atoms with van der Waals surface area (Å²) in [5.74, 6) is -0.643. The SMILES string of the molecule is CCC1(C(=O)O)CCN(CC2CN(C(C)C)CCO2)C1. The molecule has 0 radical (unpaired) electrons. The van der Waals surface area contributed by atoms with E-state index in [0.717, 1.165) is 39.2 Å². The number of nitrogens with zero attached hydrogens (tertiary/aromatic N) is 2. The Hall–Kier alpha value is -0.650. The third kappa shape index (κ3) is 3.32. The van der Waals surface area contributed by atoms with Gasteiger partial charge in [0.1, 0.15) is 0 Å². The van der Waals surface area contributed by atoms with Gasteiger partial charge in [0.15, 0.2) is 0 Å². The second-order valence-corrected chi connectivity index (χ2v) is 6.51. The lowest BCUT2D eigenvalue weighted by molar-refractivity contribution is -0.148. The lowest BCUT2D eigenvalue weighted by atomic mass is 9.84. The number of likely N-dealkylation sites (tertiary alicyclic amines) is 1. The number of aliphatic carboxylic acids is 1. The molecule has 0 aromatic rings. The number of hydrogen-bond donors (Lipinski definition) is 1. The highest BCUT2D eigenvalue weighted by Gasteiger charge is 2.43. The van der Waals surface area contributed by atoms with Crippen LogP contribution in [-0.2, 0) is 9.53 Å². The molecular formula is C15H28N2O3. The van der Waals surface area contributed by atoms with Crippen molar-refractivity contribution in [3.63, 3.8) is 0 Å². The normalized spacial score (nSPS) is 32.9. The topological polar surface area (TPSA) is 53.0 Å². The fourth-order valence-electron chi connectivity index (χ4n) is 3.34. The van der Waals surface area contributed by atoms with Crippen molar-refractivity contribution in [3.8, 4) is 0 Å². The first-order valence-electron chi connectivity index (χ1n) is 7.78. The van der Waals surface area contributed by atoms with Crippen molar-refractivity contribution in [1.82, 2.24) is 9.80 Å². The van der Waals surface area contributed by atoms with Crippen molar-refractivity contribution in [2.24, 2.45) is 5.41 Å². The highest BCUT2D eigenvalue weighted by atomic mass is 16.5. The van der Waals surface area contributed by atoms with Gasteiger partial charge in [0.2, 0.25) is 0 Å². The van der Waals surface area contributed by atoms with Crippen LogP contribution in [0.25, 0.3) is 0 Å². The number of morpholine rings is 1. The summed E-state index contributed by atoms with van der Waals surface area (Å²) in [6, 6.07) is 0.550. The van der Waals surface area contributed by atoms with Gasteiger partial charge in [0.25, 0.3) is 0 Å². The van der Waals surface area contributed by atoms with Crippen LogP contribution in [0.5, 0.6) is 0 Å². The maximum absolute atomic E-state index is 11.5. The lowest BCUT2D eigenvalue weighted by Gasteiger charge is -2.37. The molecule has 20 heavy (non-hydrogen) atoms. The molecule has 2 aliphatic heterocycles. The van der Waals surface area contributed by atoms with E-state index in [9.17, 15) is 9.90 Å². The maximum Gasteiger partial charge on any atom is 0.310 e. The van der Waals surface area contributed by atoms with E-state index in [4.69, 9.17) is 4.74 Å². The quantitative estimate of drug-likeness (QED) is 0.824. The number of carbonyl (C=O) groups is 1. The van der Waals surface area contributed by atoms with E-state index in [1.54, 1.807) is 0 Å². The van der Waals surface area contributed by atoms with E-state index in [0.29, 0.717) is 19.0 Å². The molecule has 0 amide bonds. The summed E-state index contributed by atoms with van der Waals surface area (Å²) in [6.07, 6.45) is 1.69. The van der Waals surface area contributed by atoms with Crippen LogP contribution in [0.1, 0.15) is 33.6 Å². The second-order valence-electron chi connectivity index (χ2n) is 6.51. The summed E-state index contributed by atoms with van der Waals surface area (Å²) in [6.45, 7) is 11.6. The highest BCUT2D eigenvalue weighted by molar-refractivity contribution is 5.75. The number of carboxylic acid groups (broad SMARTS) is 1. The second kappa shape index (κ2) is 6.41. The van der Waals surface area contributed by atoms with Gasteiger partial charge < -0.3 is 9.84 Å². The molecule has 0 spiro atoms. The van der Waals surface area contributed by atoms with Crippen molar-refractivity contribution < 1.29 is 14.6 Å². The number of carboxylic acids is 1. The van der Waals surface area contributed by atoms with Crippen molar-refractivity contribution in [2.45, 2.75) is 45.8 Å². The van der Waals surface area contributed by atoms with Crippen LogP contribution in [0.2, 0.25) is 0 Å². The molecule has 116 valence electrons. The minimum Gasteiger partial charge on any atom is -0.481 e. The van der Waals surface area contributed by atoms with Gasteiger partial charge in [-0.05, 0) is 33.2 Å². The van der Waals surface area contributed by atoms with E-state index in [1.807, 2.05) is 6.92 Å². The van der Waals surface area contributed by atoms with Gasteiger partial charge in [-0.1, -0.05) is 6.92 Å².